The van der Waals surface area contributed by atoms with Crippen molar-refractivity contribution in [3.63, 3.8) is 0 Å². The van der Waals surface area contributed by atoms with Gasteiger partial charge in [-0.15, -0.1) is 11.6 Å². The van der Waals surface area contributed by atoms with Gasteiger partial charge < -0.3 is 9.64 Å². The van der Waals surface area contributed by atoms with Crippen LogP contribution in [-0.4, -0.2) is 34.7 Å². The van der Waals surface area contributed by atoms with Gasteiger partial charge in [-0.05, 0) is 64.2 Å². The molecule has 28 heavy (non-hydrogen) atoms. The smallest absolute Gasteiger partial charge is 0.313 e. The molecule has 1 aromatic rings. The van der Waals surface area contributed by atoms with Crippen LogP contribution in [0.5, 0.6) is 0 Å². The largest absolute Gasteiger partial charge is 0.447 e. The molecule has 0 aliphatic heterocycles. The lowest BCUT2D eigenvalue weighted by Crippen LogP contribution is -2.56. The van der Waals surface area contributed by atoms with Crippen molar-refractivity contribution in [2.45, 2.75) is 63.4 Å². The summed E-state index contributed by atoms with van der Waals surface area (Å²) in [7, 11) is 0. The number of hydrogen-bond acceptors (Lipinski definition) is 3. The third-order valence-electron chi connectivity index (χ3n) is 7.05. The summed E-state index contributed by atoms with van der Waals surface area (Å²) < 4.78 is 6.02. The molecular formula is C23H30ClNO3. The van der Waals surface area contributed by atoms with Gasteiger partial charge in [-0.25, -0.2) is 0 Å². The quantitative estimate of drug-likeness (QED) is 0.510. The van der Waals surface area contributed by atoms with E-state index in [2.05, 4.69) is 0 Å². The zero-order chi connectivity index (χ0) is 19.9. The Hall–Kier alpha value is -1.55. The van der Waals surface area contributed by atoms with Crippen molar-refractivity contribution in [3.05, 3.63) is 35.9 Å². The summed E-state index contributed by atoms with van der Waals surface area (Å²) in [5.74, 6) is 0.663. The van der Waals surface area contributed by atoms with Gasteiger partial charge in [-0.3, -0.25) is 9.59 Å². The first-order chi connectivity index (χ1) is 13.4. The van der Waals surface area contributed by atoms with Crippen LogP contribution >= 0.6 is 11.6 Å². The van der Waals surface area contributed by atoms with E-state index in [4.69, 9.17) is 16.3 Å². The van der Waals surface area contributed by atoms with Gasteiger partial charge >= 0.3 is 5.97 Å². The predicted octanol–water partition coefficient (Wildman–Crippen LogP) is 4.72. The van der Waals surface area contributed by atoms with Gasteiger partial charge in [0.25, 0.3) is 5.91 Å². The summed E-state index contributed by atoms with van der Waals surface area (Å²) in [5.41, 5.74) is 0.223. The normalized spacial score (nSPS) is 34.1. The molecule has 4 bridgehead atoms. The molecule has 4 fully saturated rings. The molecule has 1 aromatic carbocycles. The highest BCUT2D eigenvalue weighted by atomic mass is 35.5. The number of carbonyl (C=O) groups is 2. The lowest BCUT2D eigenvalue weighted by molar-refractivity contribution is -0.180. The molecule has 0 spiro atoms. The van der Waals surface area contributed by atoms with Gasteiger partial charge in [0.15, 0.2) is 0 Å². The summed E-state index contributed by atoms with van der Waals surface area (Å²) in [6.07, 6.45) is 4.74. The number of carbonyl (C=O) groups excluding carboxylic acids is 2. The monoisotopic (exact) mass is 403 g/mol. The first kappa shape index (κ1) is 19.8. The van der Waals surface area contributed by atoms with E-state index in [1.807, 2.05) is 44.2 Å². The van der Waals surface area contributed by atoms with Crippen LogP contribution in [0.3, 0.4) is 0 Å². The van der Waals surface area contributed by atoms with Crippen LogP contribution in [0.15, 0.2) is 30.3 Å². The third-order valence-corrected chi connectivity index (χ3v) is 7.49. The van der Waals surface area contributed by atoms with E-state index in [0.29, 0.717) is 31.3 Å². The van der Waals surface area contributed by atoms with E-state index >= 15 is 0 Å². The Kier molecular flexibility index (Phi) is 5.20. The fourth-order valence-electron chi connectivity index (χ4n) is 6.21. The minimum Gasteiger partial charge on any atom is -0.447 e. The number of hydrogen-bond donors (Lipinski definition) is 0. The van der Waals surface area contributed by atoms with Crippen molar-refractivity contribution in [1.82, 2.24) is 4.90 Å². The Bertz CT molecular complexity index is 731. The zero-order valence-corrected chi connectivity index (χ0v) is 17.6. The van der Waals surface area contributed by atoms with Crippen molar-refractivity contribution in [3.8, 4) is 0 Å². The average Bonchev–Trinajstić information content (AvgIpc) is 2.65. The molecule has 2 unspecified atom stereocenters. The fourth-order valence-corrected chi connectivity index (χ4v) is 6.90. The highest BCUT2D eigenvalue weighted by Gasteiger charge is 2.61. The van der Waals surface area contributed by atoms with Crippen LogP contribution in [0.1, 0.15) is 64.0 Å². The van der Waals surface area contributed by atoms with Crippen molar-refractivity contribution in [2.24, 2.45) is 17.3 Å². The van der Waals surface area contributed by atoms with E-state index in [1.54, 1.807) is 4.90 Å². The molecule has 152 valence electrons. The lowest BCUT2D eigenvalue weighted by Gasteiger charge is -2.58. The van der Waals surface area contributed by atoms with Crippen LogP contribution in [-0.2, 0) is 14.3 Å². The molecule has 4 nitrogen and oxygen atoms in total. The molecule has 0 N–H and O–H groups in total. The standard InChI is InChI=1S/C23H30ClNO3/c1-3-25(4-2)20(26)19(18-8-6-5-7-9-18)28-21(27)22-11-16-10-17(12-22)14-23(24,13-16)15-22/h5-9,16-17,19H,3-4,10-15H2,1-2H3/t16-,17+,19-,22?,23?/m1/s1. The first-order valence-corrected chi connectivity index (χ1v) is 11.0. The van der Waals surface area contributed by atoms with Gasteiger partial charge in [-0.1, -0.05) is 30.3 Å². The van der Waals surface area contributed by atoms with Gasteiger partial charge in [0.05, 0.1) is 5.41 Å². The maximum atomic E-state index is 13.5. The summed E-state index contributed by atoms with van der Waals surface area (Å²) >= 11 is 6.89. The number of benzene rings is 1. The maximum absolute atomic E-state index is 13.5. The minimum atomic E-state index is -0.882. The molecule has 0 radical (unpaired) electrons. The van der Waals surface area contributed by atoms with Crippen LogP contribution < -0.4 is 0 Å². The van der Waals surface area contributed by atoms with E-state index in [1.165, 1.54) is 6.42 Å². The summed E-state index contributed by atoms with van der Waals surface area (Å²) in [4.78, 5) is 28.1. The van der Waals surface area contributed by atoms with Crippen molar-refractivity contribution in [2.75, 3.05) is 13.1 Å². The molecular weight excluding hydrogens is 374 g/mol. The van der Waals surface area contributed by atoms with Gasteiger partial charge in [0, 0.05) is 23.5 Å². The van der Waals surface area contributed by atoms with Crippen molar-refractivity contribution in [1.29, 1.82) is 0 Å². The van der Waals surface area contributed by atoms with Crippen LogP contribution in [0.2, 0.25) is 0 Å². The molecule has 0 heterocycles. The summed E-state index contributed by atoms with van der Waals surface area (Å²) in [5, 5.41) is 0. The molecule has 5 heteroatoms. The molecule has 0 aromatic heterocycles. The number of nitrogens with zero attached hydrogens (tertiary/aromatic N) is 1. The number of ether oxygens (including phenoxy) is 1. The molecule has 4 aliphatic carbocycles. The molecule has 4 saturated carbocycles. The third kappa shape index (κ3) is 3.45. The van der Waals surface area contributed by atoms with Gasteiger partial charge in [0.1, 0.15) is 0 Å². The highest BCUT2D eigenvalue weighted by molar-refractivity contribution is 6.24. The number of alkyl halides is 1. The molecule has 0 saturated heterocycles. The van der Waals surface area contributed by atoms with E-state index in [-0.39, 0.29) is 16.8 Å². The zero-order valence-electron chi connectivity index (χ0n) is 16.8. The van der Waals surface area contributed by atoms with Crippen LogP contribution in [0, 0.1) is 17.3 Å². The molecule has 4 aliphatic rings. The second-order valence-corrected chi connectivity index (χ2v) is 9.90. The minimum absolute atomic E-state index is 0.144. The number of rotatable bonds is 6. The second kappa shape index (κ2) is 7.37. The van der Waals surface area contributed by atoms with Crippen molar-refractivity contribution >= 4 is 23.5 Å². The molecule has 1 amide bonds. The Balaban J connectivity index is 1.60. The van der Waals surface area contributed by atoms with E-state index < -0.39 is 11.5 Å². The number of halogens is 1. The Morgan fingerprint density at radius 2 is 1.71 bits per heavy atom. The average molecular weight is 404 g/mol. The van der Waals surface area contributed by atoms with Crippen LogP contribution in [0.25, 0.3) is 0 Å². The van der Waals surface area contributed by atoms with E-state index in [0.717, 1.165) is 31.2 Å². The fraction of sp³-hybridized carbons (Fsp3) is 0.652. The molecule has 5 atom stereocenters. The molecule has 5 rings (SSSR count). The number of likely N-dealkylation sites (N-methyl/N-ethyl adjacent to an activating group) is 1. The Morgan fingerprint density at radius 1 is 1.11 bits per heavy atom. The van der Waals surface area contributed by atoms with Gasteiger partial charge in [-0.2, -0.15) is 0 Å². The highest BCUT2D eigenvalue weighted by Crippen LogP contribution is 2.64. The Morgan fingerprint density at radius 3 is 2.25 bits per heavy atom. The second-order valence-electron chi connectivity index (χ2n) is 9.10. The SMILES string of the molecule is CCN(CC)C(=O)[C@H](OC(=O)C12C[C@@H]3C[C@@H](CC(Cl)(C3)C1)C2)c1ccccc1. The summed E-state index contributed by atoms with van der Waals surface area (Å²) in [6.45, 7) is 5.08. The number of esters is 1. The Labute approximate surface area is 172 Å². The maximum Gasteiger partial charge on any atom is 0.313 e. The van der Waals surface area contributed by atoms with Gasteiger partial charge in [0.2, 0.25) is 6.10 Å². The van der Waals surface area contributed by atoms with E-state index in [9.17, 15) is 9.59 Å². The predicted molar refractivity (Wildman–Crippen MR) is 109 cm³/mol. The topological polar surface area (TPSA) is 46.6 Å². The van der Waals surface area contributed by atoms with Crippen LogP contribution in [0.4, 0.5) is 0 Å². The first-order valence-electron chi connectivity index (χ1n) is 10.6. The van der Waals surface area contributed by atoms with Crippen molar-refractivity contribution < 1.29 is 14.3 Å². The summed E-state index contributed by atoms with van der Waals surface area (Å²) in [6, 6.07) is 9.39. The number of amides is 1. The lowest BCUT2D eigenvalue weighted by atomic mass is 9.49.